The standard InChI is InChI=1S/C14H15N3O3/c1-10-5-12(9-15-7-10)16-8-11-3-4-14(20-2)13(6-11)17(18)19/h3-7,9,16H,8H2,1-2H3. The van der Waals surface area contributed by atoms with Gasteiger partial charge in [0.05, 0.1) is 17.7 Å². The van der Waals surface area contributed by atoms with Crippen LogP contribution in [0.2, 0.25) is 0 Å². The molecule has 104 valence electrons. The minimum absolute atomic E-state index is 0.0332. The number of aryl methyl sites for hydroxylation is 1. The van der Waals surface area contributed by atoms with Crippen LogP contribution in [0, 0.1) is 17.0 Å². The summed E-state index contributed by atoms with van der Waals surface area (Å²) in [5.41, 5.74) is 2.70. The van der Waals surface area contributed by atoms with Gasteiger partial charge in [0.1, 0.15) is 0 Å². The summed E-state index contributed by atoms with van der Waals surface area (Å²) < 4.78 is 4.97. The zero-order chi connectivity index (χ0) is 14.5. The second-order valence-corrected chi connectivity index (χ2v) is 4.37. The molecule has 1 aromatic carbocycles. The first kappa shape index (κ1) is 13.8. The van der Waals surface area contributed by atoms with E-state index in [1.54, 1.807) is 24.5 Å². The average Bonchev–Trinajstić information content (AvgIpc) is 2.45. The molecule has 1 heterocycles. The predicted octanol–water partition coefficient (Wildman–Crippen LogP) is 2.92. The van der Waals surface area contributed by atoms with Crippen LogP contribution in [-0.4, -0.2) is 17.0 Å². The van der Waals surface area contributed by atoms with Crippen LogP contribution in [-0.2, 0) is 6.54 Å². The number of hydrogen-bond acceptors (Lipinski definition) is 5. The van der Waals surface area contributed by atoms with Crippen molar-refractivity contribution in [3.05, 3.63) is 57.9 Å². The lowest BCUT2D eigenvalue weighted by atomic mass is 10.2. The highest BCUT2D eigenvalue weighted by Crippen LogP contribution is 2.27. The summed E-state index contributed by atoms with van der Waals surface area (Å²) in [6.07, 6.45) is 3.48. The number of rotatable bonds is 5. The highest BCUT2D eigenvalue weighted by atomic mass is 16.6. The third-order valence-corrected chi connectivity index (χ3v) is 2.81. The summed E-state index contributed by atoms with van der Waals surface area (Å²) in [4.78, 5) is 14.6. The molecule has 0 unspecified atom stereocenters. The van der Waals surface area contributed by atoms with E-state index in [-0.39, 0.29) is 11.4 Å². The molecule has 0 radical (unpaired) electrons. The van der Waals surface area contributed by atoms with Crippen LogP contribution < -0.4 is 10.1 Å². The Bertz CT molecular complexity index is 629. The van der Waals surface area contributed by atoms with Crippen molar-refractivity contribution < 1.29 is 9.66 Å². The fourth-order valence-corrected chi connectivity index (χ4v) is 1.84. The van der Waals surface area contributed by atoms with Crippen LogP contribution in [0.25, 0.3) is 0 Å². The lowest BCUT2D eigenvalue weighted by molar-refractivity contribution is -0.385. The first-order chi connectivity index (χ1) is 9.60. The van der Waals surface area contributed by atoms with Gasteiger partial charge in [0.15, 0.2) is 5.75 Å². The Hall–Kier alpha value is -2.63. The second kappa shape index (κ2) is 6.01. The number of pyridine rings is 1. The van der Waals surface area contributed by atoms with Gasteiger partial charge in [-0.2, -0.15) is 0 Å². The molecule has 1 N–H and O–H groups in total. The van der Waals surface area contributed by atoms with E-state index in [4.69, 9.17) is 4.74 Å². The fourth-order valence-electron chi connectivity index (χ4n) is 1.84. The maximum absolute atomic E-state index is 10.9. The Morgan fingerprint density at radius 1 is 1.35 bits per heavy atom. The van der Waals surface area contributed by atoms with E-state index >= 15 is 0 Å². The van der Waals surface area contributed by atoms with Gasteiger partial charge in [-0.25, -0.2) is 0 Å². The molecular formula is C14H15N3O3. The summed E-state index contributed by atoms with van der Waals surface area (Å²) in [5.74, 6) is 0.260. The average molecular weight is 273 g/mol. The number of hydrogen-bond donors (Lipinski definition) is 1. The minimum atomic E-state index is -0.448. The fraction of sp³-hybridized carbons (Fsp3) is 0.214. The number of aromatic nitrogens is 1. The zero-order valence-corrected chi connectivity index (χ0v) is 11.3. The molecule has 0 fully saturated rings. The van der Waals surface area contributed by atoms with E-state index in [0.29, 0.717) is 6.54 Å². The molecule has 0 atom stereocenters. The number of anilines is 1. The first-order valence-corrected chi connectivity index (χ1v) is 6.07. The predicted molar refractivity (Wildman–Crippen MR) is 75.9 cm³/mol. The highest BCUT2D eigenvalue weighted by Gasteiger charge is 2.14. The van der Waals surface area contributed by atoms with E-state index in [2.05, 4.69) is 10.3 Å². The first-order valence-electron chi connectivity index (χ1n) is 6.07. The molecule has 0 aliphatic carbocycles. The summed E-state index contributed by atoms with van der Waals surface area (Å²) in [6.45, 7) is 2.44. The topological polar surface area (TPSA) is 77.3 Å². The van der Waals surface area contributed by atoms with E-state index in [1.807, 2.05) is 13.0 Å². The van der Waals surface area contributed by atoms with Gasteiger partial charge in [0, 0.05) is 25.0 Å². The van der Waals surface area contributed by atoms with Gasteiger partial charge in [-0.15, -0.1) is 0 Å². The van der Waals surface area contributed by atoms with E-state index in [1.165, 1.54) is 13.2 Å². The Labute approximate surface area is 116 Å². The van der Waals surface area contributed by atoms with Crippen molar-refractivity contribution in [3.8, 4) is 5.75 Å². The van der Waals surface area contributed by atoms with Crippen molar-refractivity contribution in [2.75, 3.05) is 12.4 Å². The number of nitro benzene ring substituents is 1. The van der Waals surface area contributed by atoms with E-state index < -0.39 is 4.92 Å². The molecule has 0 saturated carbocycles. The SMILES string of the molecule is COc1ccc(CNc2cncc(C)c2)cc1[N+](=O)[O-]. The van der Waals surface area contributed by atoms with Crippen molar-refractivity contribution in [1.29, 1.82) is 0 Å². The Balaban J connectivity index is 2.14. The molecule has 6 heteroatoms. The van der Waals surface area contributed by atoms with Gasteiger partial charge >= 0.3 is 5.69 Å². The smallest absolute Gasteiger partial charge is 0.311 e. The summed E-state index contributed by atoms with van der Waals surface area (Å²) in [6, 6.07) is 6.87. The van der Waals surface area contributed by atoms with Gasteiger partial charge in [0.2, 0.25) is 0 Å². The van der Waals surface area contributed by atoms with Crippen LogP contribution in [0.1, 0.15) is 11.1 Å². The van der Waals surface area contributed by atoms with Crippen molar-refractivity contribution in [3.63, 3.8) is 0 Å². The van der Waals surface area contributed by atoms with Gasteiger partial charge < -0.3 is 10.1 Å². The van der Waals surface area contributed by atoms with Crippen molar-refractivity contribution in [2.45, 2.75) is 13.5 Å². The van der Waals surface area contributed by atoms with Gasteiger partial charge in [-0.05, 0) is 30.2 Å². The molecule has 0 aliphatic heterocycles. The van der Waals surface area contributed by atoms with Crippen LogP contribution >= 0.6 is 0 Å². The van der Waals surface area contributed by atoms with Crippen molar-refractivity contribution in [2.24, 2.45) is 0 Å². The monoisotopic (exact) mass is 273 g/mol. The lowest BCUT2D eigenvalue weighted by Gasteiger charge is -2.08. The summed E-state index contributed by atoms with van der Waals surface area (Å²) in [5, 5.41) is 14.1. The van der Waals surface area contributed by atoms with Gasteiger partial charge in [-0.3, -0.25) is 15.1 Å². The summed E-state index contributed by atoms with van der Waals surface area (Å²) >= 11 is 0. The molecule has 1 aromatic heterocycles. The van der Waals surface area contributed by atoms with Crippen LogP contribution in [0.15, 0.2) is 36.7 Å². The molecule has 6 nitrogen and oxygen atoms in total. The molecule has 2 rings (SSSR count). The normalized spacial score (nSPS) is 10.1. The maximum Gasteiger partial charge on any atom is 0.311 e. The number of nitro groups is 1. The molecule has 0 spiro atoms. The molecule has 0 aliphatic rings. The quantitative estimate of drug-likeness (QED) is 0.669. The summed E-state index contributed by atoms with van der Waals surface area (Å²) in [7, 11) is 1.42. The number of nitrogens with zero attached hydrogens (tertiary/aromatic N) is 2. The Morgan fingerprint density at radius 3 is 2.80 bits per heavy atom. The molecule has 0 saturated heterocycles. The van der Waals surface area contributed by atoms with Gasteiger partial charge in [-0.1, -0.05) is 6.07 Å². The largest absolute Gasteiger partial charge is 0.490 e. The molecular weight excluding hydrogens is 258 g/mol. The highest BCUT2D eigenvalue weighted by molar-refractivity contribution is 5.50. The van der Waals surface area contributed by atoms with Crippen LogP contribution in [0.4, 0.5) is 11.4 Å². The number of methoxy groups -OCH3 is 1. The molecule has 0 bridgehead atoms. The molecule has 2 aromatic rings. The third kappa shape index (κ3) is 3.23. The van der Waals surface area contributed by atoms with Gasteiger partial charge in [0.25, 0.3) is 0 Å². The number of benzene rings is 1. The van der Waals surface area contributed by atoms with E-state index in [9.17, 15) is 10.1 Å². The number of ether oxygens (including phenoxy) is 1. The van der Waals surface area contributed by atoms with E-state index in [0.717, 1.165) is 16.8 Å². The molecule has 0 amide bonds. The molecule has 20 heavy (non-hydrogen) atoms. The van der Waals surface area contributed by atoms with Crippen LogP contribution in [0.3, 0.4) is 0 Å². The third-order valence-electron chi connectivity index (χ3n) is 2.81. The lowest BCUT2D eigenvalue weighted by Crippen LogP contribution is -2.02. The minimum Gasteiger partial charge on any atom is -0.490 e. The van der Waals surface area contributed by atoms with Crippen molar-refractivity contribution in [1.82, 2.24) is 4.98 Å². The Morgan fingerprint density at radius 2 is 2.15 bits per heavy atom. The van der Waals surface area contributed by atoms with Crippen LogP contribution in [0.5, 0.6) is 5.75 Å². The Kier molecular flexibility index (Phi) is 4.14. The number of nitrogens with one attached hydrogen (secondary N) is 1. The van der Waals surface area contributed by atoms with Crippen molar-refractivity contribution >= 4 is 11.4 Å². The zero-order valence-electron chi connectivity index (χ0n) is 11.3. The maximum atomic E-state index is 10.9. The second-order valence-electron chi connectivity index (χ2n) is 4.37.